The van der Waals surface area contributed by atoms with Crippen LogP contribution in [0.2, 0.25) is 0 Å². The first-order valence-corrected chi connectivity index (χ1v) is 7.11. The molecule has 12 heavy (non-hydrogen) atoms. The Morgan fingerprint density at radius 1 is 1.50 bits per heavy atom. The van der Waals surface area contributed by atoms with Gasteiger partial charge in [-0.3, -0.25) is 0 Å². The van der Waals surface area contributed by atoms with Gasteiger partial charge in [-0.2, -0.15) is 23.5 Å². The van der Waals surface area contributed by atoms with Crippen LogP contribution in [-0.4, -0.2) is 35.2 Å². The van der Waals surface area contributed by atoms with Crippen LogP contribution in [0.25, 0.3) is 0 Å². The maximum absolute atomic E-state index is 9.19. The van der Waals surface area contributed by atoms with E-state index in [-0.39, 0.29) is 0 Å². The zero-order valence-electron chi connectivity index (χ0n) is 7.66. The molecule has 72 valence electrons. The largest absolute Gasteiger partial charge is 0.396 e. The van der Waals surface area contributed by atoms with E-state index >= 15 is 0 Å². The third kappa shape index (κ3) is 3.19. The standard InChI is InChI=1S/C9H18OS2/c1-11-7-9(6-10)8-2-4-12-5-3-8/h8-10H,2-7H2,1H3. The predicted octanol–water partition coefficient (Wildman–Crippen LogP) is 2.10. The smallest absolute Gasteiger partial charge is 0.0469 e. The molecule has 0 spiro atoms. The molecular formula is C9H18OS2. The zero-order chi connectivity index (χ0) is 8.81. The summed E-state index contributed by atoms with van der Waals surface area (Å²) in [6, 6.07) is 0. The van der Waals surface area contributed by atoms with Gasteiger partial charge in [-0.15, -0.1) is 0 Å². The van der Waals surface area contributed by atoms with Gasteiger partial charge in [-0.1, -0.05) is 0 Å². The van der Waals surface area contributed by atoms with Gasteiger partial charge >= 0.3 is 0 Å². The second kappa shape index (κ2) is 6.17. The lowest BCUT2D eigenvalue weighted by Crippen LogP contribution is -2.24. The van der Waals surface area contributed by atoms with Gasteiger partial charge in [-0.05, 0) is 48.2 Å². The van der Waals surface area contributed by atoms with Crippen molar-refractivity contribution in [3.8, 4) is 0 Å². The molecule has 3 heteroatoms. The van der Waals surface area contributed by atoms with E-state index in [1.165, 1.54) is 24.3 Å². The highest BCUT2D eigenvalue weighted by atomic mass is 32.2. The molecule has 0 saturated carbocycles. The first-order valence-electron chi connectivity index (χ1n) is 4.56. The summed E-state index contributed by atoms with van der Waals surface area (Å²) in [7, 11) is 0. The predicted molar refractivity (Wildman–Crippen MR) is 59.0 cm³/mol. The molecule has 0 aromatic carbocycles. The molecule has 1 N–H and O–H groups in total. The number of aliphatic hydroxyl groups is 1. The summed E-state index contributed by atoms with van der Waals surface area (Å²) in [5, 5.41) is 9.19. The van der Waals surface area contributed by atoms with Crippen molar-refractivity contribution in [3.05, 3.63) is 0 Å². The molecule has 0 radical (unpaired) electrons. The lowest BCUT2D eigenvalue weighted by molar-refractivity contribution is 0.185. The van der Waals surface area contributed by atoms with Crippen molar-refractivity contribution in [2.24, 2.45) is 11.8 Å². The second-order valence-corrected chi connectivity index (χ2v) is 5.48. The minimum Gasteiger partial charge on any atom is -0.396 e. The summed E-state index contributed by atoms with van der Waals surface area (Å²) in [5.74, 6) is 5.08. The lowest BCUT2D eigenvalue weighted by Gasteiger charge is -2.28. The third-order valence-electron chi connectivity index (χ3n) is 2.55. The summed E-state index contributed by atoms with van der Waals surface area (Å²) in [4.78, 5) is 0. The van der Waals surface area contributed by atoms with Crippen molar-refractivity contribution in [3.63, 3.8) is 0 Å². The molecule has 1 nitrogen and oxygen atoms in total. The molecule has 0 bridgehead atoms. The second-order valence-electron chi connectivity index (χ2n) is 3.35. The number of rotatable bonds is 4. The number of aliphatic hydroxyl groups excluding tert-OH is 1. The molecule has 1 fully saturated rings. The summed E-state index contributed by atoms with van der Waals surface area (Å²) in [6.45, 7) is 0.385. The number of hydrogen-bond acceptors (Lipinski definition) is 3. The molecule has 1 heterocycles. The van der Waals surface area contributed by atoms with E-state index in [9.17, 15) is 5.11 Å². The summed E-state index contributed by atoms with van der Waals surface area (Å²) >= 11 is 3.92. The number of hydrogen-bond donors (Lipinski definition) is 1. The van der Waals surface area contributed by atoms with Crippen LogP contribution in [0.5, 0.6) is 0 Å². The van der Waals surface area contributed by atoms with Crippen LogP contribution in [-0.2, 0) is 0 Å². The van der Waals surface area contributed by atoms with Gasteiger partial charge in [0.25, 0.3) is 0 Å². The fourth-order valence-corrected chi connectivity index (χ4v) is 3.69. The maximum atomic E-state index is 9.19. The minimum atomic E-state index is 0.385. The molecule has 0 aliphatic carbocycles. The molecular weight excluding hydrogens is 188 g/mol. The maximum Gasteiger partial charge on any atom is 0.0469 e. The first kappa shape index (κ1) is 10.7. The SMILES string of the molecule is CSCC(CO)C1CCSCC1. The van der Waals surface area contributed by atoms with Gasteiger partial charge in [0.1, 0.15) is 0 Å². The Balaban J connectivity index is 2.29. The van der Waals surface area contributed by atoms with Gasteiger partial charge in [0.15, 0.2) is 0 Å². The molecule has 0 amide bonds. The van der Waals surface area contributed by atoms with Crippen LogP contribution in [0.15, 0.2) is 0 Å². The average Bonchev–Trinajstić information content (AvgIpc) is 2.15. The first-order chi connectivity index (χ1) is 5.88. The molecule has 1 atom stereocenters. The van der Waals surface area contributed by atoms with E-state index in [0.29, 0.717) is 12.5 Å². The molecule has 1 aliphatic rings. The third-order valence-corrected chi connectivity index (χ3v) is 4.36. The Hall–Kier alpha value is 0.660. The van der Waals surface area contributed by atoms with Crippen LogP contribution < -0.4 is 0 Å². The lowest BCUT2D eigenvalue weighted by atomic mass is 9.89. The highest BCUT2D eigenvalue weighted by Gasteiger charge is 2.22. The zero-order valence-corrected chi connectivity index (χ0v) is 9.29. The molecule has 1 rings (SSSR count). The Kier molecular flexibility index (Phi) is 5.52. The van der Waals surface area contributed by atoms with Crippen LogP contribution >= 0.6 is 23.5 Å². The van der Waals surface area contributed by atoms with Crippen LogP contribution in [0.1, 0.15) is 12.8 Å². The van der Waals surface area contributed by atoms with Crippen molar-refractivity contribution in [2.75, 3.05) is 30.1 Å². The monoisotopic (exact) mass is 206 g/mol. The number of thioether (sulfide) groups is 2. The molecule has 0 aromatic heterocycles. The molecule has 1 unspecified atom stereocenters. The fourth-order valence-electron chi connectivity index (χ4n) is 1.74. The summed E-state index contributed by atoms with van der Waals surface area (Å²) in [6.07, 6.45) is 4.76. The Morgan fingerprint density at radius 3 is 2.67 bits per heavy atom. The molecule has 1 aliphatic heterocycles. The van der Waals surface area contributed by atoms with Crippen LogP contribution in [0, 0.1) is 11.8 Å². The van der Waals surface area contributed by atoms with Gasteiger partial charge in [-0.25, -0.2) is 0 Å². The molecule has 1 saturated heterocycles. The average molecular weight is 206 g/mol. The van der Waals surface area contributed by atoms with Crippen molar-refractivity contribution < 1.29 is 5.11 Å². The summed E-state index contributed by atoms with van der Waals surface area (Å²) < 4.78 is 0. The van der Waals surface area contributed by atoms with E-state index in [4.69, 9.17) is 0 Å². The van der Waals surface area contributed by atoms with E-state index in [0.717, 1.165) is 11.7 Å². The highest BCUT2D eigenvalue weighted by Crippen LogP contribution is 2.30. The Morgan fingerprint density at radius 2 is 2.17 bits per heavy atom. The quantitative estimate of drug-likeness (QED) is 0.761. The fraction of sp³-hybridized carbons (Fsp3) is 1.00. The van der Waals surface area contributed by atoms with Crippen LogP contribution in [0.4, 0.5) is 0 Å². The van der Waals surface area contributed by atoms with Gasteiger partial charge in [0, 0.05) is 6.61 Å². The van der Waals surface area contributed by atoms with Crippen molar-refractivity contribution >= 4 is 23.5 Å². The van der Waals surface area contributed by atoms with E-state index in [1.807, 2.05) is 11.8 Å². The van der Waals surface area contributed by atoms with E-state index < -0.39 is 0 Å². The Bertz CT molecular complexity index is 110. The van der Waals surface area contributed by atoms with Gasteiger partial charge in [0.2, 0.25) is 0 Å². The van der Waals surface area contributed by atoms with Crippen molar-refractivity contribution in [1.29, 1.82) is 0 Å². The minimum absolute atomic E-state index is 0.385. The van der Waals surface area contributed by atoms with E-state index in [1.54, 1.807) is 0 Å². The van der Waals surface area contributed by atoms with Crippen molar-refractivity contribution in [2.45, 2.75) is 12.8 Å². The highest BCUT2D eigenvalue weighted by molar-refractivity contribution is 7.99. The van der Waals surface area contributed by atoms with Crippen molar-refractivity contribution in [1.82, 2.24) is 0 Å². The molecule has 0 aromatic rings. The van der Waals surface area contributed by atoms with Crippen LogP contribution in [0.3, 0.4) is 0 Å². The van der Waals surface area contributed by atoms with E-state index in [2.05, 4.69) is 18.0 Å². The summed E-state index contributed by atoms with van der Waals surface area (Å²) in [5.41, 5.74) is 0. The normalized spacial score (nSPS) is 22.5. The van der Waals surface area contributed by atoms with Gasteiger partial charge in [0.05, 0.1) is 0 Å². The Labute approximate surface area is 83.7 Å². The topological polar surface area (TPSA) is 20.2 Å². The van der Waals surface area contributed by atoms with Gasteiger partial charge < -0.3 is 5.11 Å².